The average molecular weight is 283 g/mol. The van der Waals surface area contributed by atoms with Crippen LogP contribution in [-0.4, -0.2) is 30.6 Å². The summed E-state index contributed by atoms with van der Waals surface area (Å²) in [5.74, 6) is -0.172. The summed E-state index contributed by atoms with van der Waals surface area (Å²) in [7, 11) is 1.27. The number of aryl methyl sites for hydroxylation is 1. The maximum absolute atomic E-state index is 11.6. The molecule has 0 amide bonds. The minimum Gasteiger partial charge on any atom is -0.465 e. The molecular formula is C14H21NO5. The fraction of sp³-hybridized carbons (Fsp3) is 0.643. The molecule has 0 aliphatic rings. The molecule has 0 aromatic carbocycles. The van der Waals surface area contributed by atoms with Crippen molar-refractivity contribution in [1.29, 1.82) is 0 Å². The van der Waals surface area contributed by atoms with Crippen LogP contribution >= 0.6 is 0 Å². The molecule has 1 rings (SSSR count). The zero-order valence-corrected chi connectivity index (χ0v) is 12.2. The summed E-state index contributed by atoms with van der Waals surface area (Å²) in [4.78, 5) is 26.7. The monoisotopic (exact) mass is 283 g/mol. The van der Waals surface area contributed by atoms with Crippen LogP contribution in [0.5, 0.6) is 0 Å². The van der Waals surface area contributed by atoms with E-state index < -0.39 is 5.97 Å². The molecule has 6 heteroatoms. The number of hydrogen-bond donors (Lipinski definition) is 0. The Labute approximate surface area is 118 Å². The second kappa shape index (κ2) is 8.35. The van der Waals surface area contributed by atoms with Crippen LogP contribution in [0.15, 0.2) is 10.8 Å². The van der Waals surface area contributed by atoms with Crippen molar-refractivity contribution in [2.24, 2.45) is 5.92 Å². The largest absolute Gasteiger partial charge is 0.465 e. The third kappa shape index (κ3) is 5.03. The summed E-state index contributed by atoms with van der Waals surface area (Å²) in [6, 6.07) is 0. The van der Waals surface area contributed by atoms with E-state index in [1.165, 1.54) is 7.11 Å². The van der Waals surface area contributed by atoms with Crippen LogP contribution in [-0.2, 0) is 20.7 Å². The van der Waals surface area contributed by atoms with E-state index in [0.717, 1.165) is 19.2 Å². The Morgan fingerprint density at radius 3 is 2.85 bits per heavy atom. The molecule has 0 aliphatic heterocycles. The van der Waals surface area contributed by atoms with Gasteiger partial charge in [0, 0.05) is 6.42 Å². The lowest BCUT2D eigenvalue weighted by atomic mass is 10.1. The highest BCUT2D eigenvalue weighted by molar-refractivity contribution is 5.88. The summed E-state index contributed by atoms with van der Waals surface area (Å²) < 4.78 is 14.8. The third-order valence-corrected chi connectivity index (χ3v) is 2.89. The van der Waals surface area contributed by atoms with Gasteiger partial charge in [0.2, 0.25) is 0 Å². The number of aromatic nitrogens is 1. The predicted molar refractivity (Wildman–Crippen MR) is 71.2 cm³/mol. The third-order valence-electron chi connectivity index (χ3n) is 2.89. The molecule has 0 aliphatic carbocycles. The molecule has 6 nitrogen and oxygen atoms in total. The van der Waals surface area contributed by atoms with Crippen LogP contribution in [0.3, 0.4) is 0 Å². The Bertz CT molecular complexity index is 441. The molecule has 20 heavy (non-hydrogen) atoms. The molecule has 0 saturated carbocycles. The molecule has 0 bridgehead atoms. The van der Waals surface area contributed by atoms with Gasteiger partial charge in [0.25, 0.3) is 0 Å². The Morgan fingerprint density at radius 2 is 2.20 bits per heavy atom. The lowest BCUT2D eigenvalue weighted by Gasteiger charge is -2.10. The Morgan fingerprint density at radius 1 is 1.45 bits per heavy atom. The van der Waals surface area contributed by atoms with Gasteiger partial charge in [0.1, 0.15) is 5.76 Å². The summed E-state index contributed by atoms with van der Waals surface area (Å²) in [6.07, 6.45) is 3.68. The first kappa shape index (κ1) is 16.2. The fourth-order valence-corrected chi connectivity index (χ4v) is 1.81. The normalized spacial score (nSPS) is 11.9. The molecule has 0 saturated heterocycles. The quantitative estimate of drug-likeness (QED) is 0.681. The maximum atomic E-state index is 11.6. The second-order valence-electron chi connectivity index (χ2n) is 4.69. The summed E-state index contributed by atoms with van der Waals surface area (Å²) in [5.41, 5.74) is 0.111. The van der Waals surface area contributed by atoms with Gasteiger partial charge in [-0.2, -0.15) is 0 Å². The van der Waals surface area contributed by atoms with Crippen molar-refractivity contribution < 1.29 is 23.5 Å². The highest BCUT2D eigenvalue weighted by Crippen LogP contribution is 2.12. The van der Waals surface area contributed by atoms with Crippen LogP contribution in [0.1, 0.15) is 49.4 Å². The van der Waals surface area contributed by atoms with Crippen molar-refractivity contribution in [2.45, 2.75) is 39.5 Å². The first-order valence-corrected chi connectivity index (χ1v) is 6.74. The van der Waals surface area contributed by atoms with Crippen molar-refractivity contribution in [3.05, 3.63) is 17.8 Å². The topological polar surface area (TPSA) is 78.6 Å². The standard InChI is InChI=1S/C14H21NO5/c1-4-5-10(2)8-19-12(16)7-6-11-13(14(17)18-3)15-9-20-11/h9-10H,4-8H2,1-3H3. The number of methoxy groups -OCH3 is 1. The molecule has 0 spiro atoms. The van der Waals surface area contributed by atoms with Crippen LogP contribution < -0.4 is 0 Å². The SMILES string of the molecule is CCCC(C)COC(=O)CCc1ocnc1C(=O)OC. The van der Waals surface area contributed by atoms with Gasteiger partial charge in [-0.15, -0.1) is 0 Å². The van der Waals surface area contributed by atoms with Gasteiger partial charge >= 0.3 is 11.9 Å². The number of rotatable bonds is 8. The molecule has 0 fully saturated rings. The second-order valence-corrected chi connectivity index (χ2v) is 4.69. The number of hydrogen-bond acceptors (Lipinski definition) is 6. The zero-order valence-electron chi connectivity index (χ0n) is 12.2. The van der Waals surface area contributed by atoms with E-state index in [4.69, 9.17) is 9.15 Å². The van der Waals surface area contributed by atoms with E-state index in [9.17, 15) is 9.59 Å². The molecule has 1 heterocycles. The first-order valence-electron chi connectivity index (χ1n) is 6.74. The number of carbonyl (C=O) groups is 2. The Balaban J connectivity index is 2.38. The minimum atomic E-state index is -0.571. The van der Waals surface area contributed by atoms with Gasteiger partial charge in [-0.3, -0.25) is 4.79 Å². The summed E-state index contributed by atoms with van der Waals surface area (Å²) >= 11 is 0. The van der Waals surface area contributed by atoms with E-state index >= 15 is 0 Å². The van der Waals surface area contributed by atoms with Crippen LogP contribution in [0.4, 0.5) is 0 Å². The number of esters is 2. The average Bonchev–Trinajstić information content (AvgIpc) is 2.90. The van der Waals surface area contributed by atoms with Crippen molar-refractivity contribution in [1.82, 2.24) is 4.98 Å². The zero-order chi connectivity index (χ0) is 15.0. The molecule has 1 unspecified atom stereocenters. The highest BCUT2D eigenvalue weighted by Gasteiger charge is 2.18. The summed E-state index contributed by atoms with van der Waals surface area (Å²) in [6.45, 7) is 4.56. The molecule has 112 valence electrons. The molecule has 1 aromatic rings. The molecule has 1 aromatic heterocycles. The van der Waals surface area contributed by atoms with Crippen molar-refractivity contribution in [2.75, 3.05) is 13.7 Å². The Kier molecular flexibility index (Phi) is 6.76. The molecule has 0 radical (unpaired) electrons. The number of carbonyl (C=O) groups excluding carboxylic acids is 2. The van der Waals surface area contributed by atoms with Gasteiger partial charge in [-0.1, -0.05) is 20.3 Å². The number of ether oxygens (including phenoxy) is 2. The molecule has 0 N–H and O–H groups in total. The smallest absolute Gasteiger partial charge is 0.360 e. The van der Waals surface area contributed by atoms with E-state index in [2.05, 4.69) is 16.6 Å². The van der Waals surface area contributed by atoms with Crippen molar-refractivity contribution in [3.63, 3.8) is 0 Å². The predicted octanol–water partition coefficient (Wildman–Crippen LogP) is 2.37. The van der Waals surface area contributed by atoms with Gasteiger partial charge in [0.05, 0.1) is 20.1 Å². The van der Waals surface area contributed by atoms with Gasteiger partial charge in [-0.25, -0.2) is 9.78 Å². The number of oxazole rings is 1. The van der Waals surface area contributed by atoms with E-state index in [1.807, 2.05) is 6.92 Å². The molecular weight excluding hydrogens is 262 g/mol. The van der Waals surface area contributed by atoms with Crippen LogP contribution in [0, 0.1) is 5.92 Å². The first-order chi connectivity index (χ1) is 9.58. The van der Waals surface area contributed by atoms with Crippen molar-refractivity contribution in [3.8, 4) is 0 Å². The molecule has 1 atom stereocenters. The number of nitrogens with zero attached hydrogens (tertiary/aromatic N) is 1. The summed E-state index contributed by atoms with van der Waals surface area (Å²) in [5, 5.41) is 0. The van der Waals surface area contributed by atoms with Crippen LogP contribution in [0.25, 0.3) is 0 Å². The highest BCUT2D eigenvalue weighted by atomic mass is 16.5. The lowest BCUT2D eigenvalue weighted by Crippen LogP contribution is -2.13. The fourth-order valence-electron chi connectivity index (χ4n) is 1.81. The van der Waals surface area contributed by atoms with Crippen LogP contribution in [0.2, 0.25) is 0 Å². The minimum absolute atomic E-state index is 0.111. The van der Waals surface area contributed by atoms with Gasteiger partial charge < -0.3 is 13.9 Å². The maximum Gasteiger partial charge on any atom is 0.360 e. The van der Waals surface area contributed by atoms with Gasteiger partial charge in [-0.05, 0) is 12.3 Å². The van der Waals surface area contributed by atoms with Gasteiger partial charge in [0.15, 0.2) is 12.1 Å². The van der Waals surface area contributed by atoms with E-state index in [-0.39, 0.29) is 24.5 Å². The lowest BCUT2D eigenvalue weighted by molar-refractivity contribution is -0.145. The van der Waals surface area contributed by atoms with E-state index in [1.54, 1.807) is 0 Å². The Hall–Kier alpha value is -1.85. The van der Waals surface area contributed by atoms with Crippen molar-refractivity contribution >= 4 is 11.9 Å². The van der Waals surface area contributed by atoms with E-state index in [0.29, 0.717) is 18.3 Å².